The van der Waals surface area contributed by atoms with E-state index >= 15 is 4.39 Å². The van der Waals surface area contributed by atoms with Gasteiger partial charge in [-0.15, -0.1) is 0 Å². The Hall–Kier alpha value is -2.76. The minimum atomic E-state index is -0.982. The van der Waals surface area contributed by atoms with Gasteiger partial charge in [0.15, 0.2) is 0 Å². The zero-order valence-corrected chi connectivity index (χ0v) is 16.9. The van der Waals surface area contributed by atoms with Crippen LogP contribution in [0.3, 0.4) is 0 Å². The zero-order valence-electron chi connectivity index (χ0n) is 16.9. The lowest BCUT2D eigenvalue weighted by atomic mass is 9.83. The number of fused-ring (bicyclic) bond motifs is 3. The van der Waals surface area contributed by atoms with Crippen LogP contribution in [-0.4, -0.2) is 25.5 Å². The van der Waals surface area contributed by atoms with Crippen molar-refractivity contribution in [1.82, 2.24) is 5.32 Å². The number of ether oxygens (including phenoxy) is 2. The number of hydrogen-bond acceptors (Lipinski definition) is 4. The Labute approximate surface area is 175 Å². The number of piperidine rings is 1. The van der Waals surface area contributed by atoms with Crippen molar-refractivity contribution in [2.75, 3.05) is 19.7 Å². The van der Waals surface area contributed by atoms with E-state index in [1.165, 1.54) is 6.07 Å². The maximum Gasteiger partial charge on any atom is 0.200 e. The third-order valence-electron chi connectivity index (χ3n) is 6.24. The van der Waals surface area contributed by atoms with E-state index in [1.807, 2.05) is 49.4 Å². The lowest BCUT2D eigenvalue weighted by Gasteiger charge is -2.34. The lowest BCUT2D eigenvalue weighted by Crippen LogP contribution is -2.40. The quantitative estimate of drug-likeness (QED) is 0.627. The first-order valence-electron chi connectivity index (χ1n) is 10.5. The van der Waals surface area contributed by atoms with Crippen molar-refractivity contribution in [3.63, 3.8) is 0 Å². The molecule has 4 nitrogen and oxygen atoms in total. The van der Waals surface area contributed by atoms with Gasteiger partial charge in [-0.2, -0.15) is 0 Å². The SMILES string of the molecule is CCOc1ccc2ccccc2c1C(=O)[C@@H]1OC2(CCNCC2)c2cccc(F)c21. The van der Waals surface area contributed by atoms with Gasteiger partial charge in [0.25, 0.3) is 0 Å². The molecular formula is C25H24FNO3. The zero-order chi connectivity index (χ0) is 20.7. The van der Waals surface area contributed by atoms with Crippen LogP contribution < -0.4 is 10.1 Å². The highest BCUT2D eigenvalue weighted by atomic mass is 19.1. The van der Waals surface area contributed by atoms with Gasteiger partial charge in [-0.25, -0.2) is 4.39 Å². The van der Waals surface area contributed by atoms with Crippen molar-refractivity contribution in [2.45, 2.75) is 31.5 Å². The molecule has 1 fully saturated rings. The average Bonchev–Trinajstić information content (AvgIpc) is 3.09. The van der Waals surface area contributed by atoms with Crippen molar-refractivity contribution in [3.05, 3.63) is 77.1 Å². The highest BCUT2D eigenvalue weighted by Gasteiger charge is 2.49. The maximum atomic E-state index is 15.0. The van der Waals surface area contributed by atoms with E-state index in [0.717, 1.165) is 29.4 Å². The van der Waals surface area contributed by atoms with E-state index < -0.39 is 11.7 Å². The van der Waals surface area contributed by atoms with Gasteiger partial charge in [0.1, 0.15) is 17.7 Å². The fourth-order valence-corrected chi connectivity index (χ4v) is 4.86. The highest BCUT2D eigenvalue weighted by molar-refractivity contribution is 6.13. The molecule has 1 saturated heterocycles. The maximum absolute atomic E-state index is 15.0. The monoisotopic (exact) mass is 405 g/mol. The molecular weight excluding hydrogens is 381 g/mol. The summed E-state index contributed by atoms with van der Waals surface area (Å²) < 4.78 is 27.3. The molecule has 0 amide bonds. The second kappa shape index (κ2) is 7.49. The molecule has 2 aliphatic rings. The number of nitrogens with one attached hydrogen (secondary N) is 1. The summed E-state index contributed by atoms with van der Waals surface area (Å²) >= 11 is 0. The molecule has 1 N–H and O–H groups in total. The average molecular weight is 405 g/mol. The third-order valence-corrected chi connectivity index (χ3v) is 6.24. The van der Waals surface area contributed by atoms with Crippen molar-refractivity contribution in [1.29, 1.82) is 0 Å². The molecule has 0 bridgehead atoms. The number of carbonyl (C=O) groups is 1. The predicted molar refractivity (Wildman–Crippen MR) is 113 cm³/mol. The summed E-state index contributed by atoms with van der Waals surface area (Å²) in [6, 6.07) is 16.5. The normalized spacial score (nSPS) is 19.7. The van der Waals surface area contributed by atoms with E-state index in [1.54, 1.807) is 6.07 Å². The molecule has 0 aliphatic carbocycles. The Morgan fingerprint density at radius 2 is 1.93 bits per heavy atom. The van der Waals surface area contributed by atoms with Crippen LogP contribution in [0, 0.1) is 5.82 Å². The summed E-state index contributed by atoms with van der Waals surface area (Å²) in [5, 5.41) is 5.06. The minimum absolute atomic E-state index is 0.253. The molecule has 0 aromatic heterocycles. The fourth-order valence-electron chi connectivity index (χ4n) is 4.86. The molecule has 2 aliphatic heterocycles. The molecule has 1 spiro atoms. The molecule has 154 valence electrons. The number of ketones is 1. The standard InChI is InChI=1S/C25H24FNO3/c1-2-29-20-11-10-16-6-3-4-7-17(16)21(20)23(28)24-22-18(8-5-9-19(22)26)25(30-24)12-14-27-15-13-25/h3-11,24,27H,2,12-15H2,1H3/t24-/m1/s1. The van der Waals surface area contributed by atoms with Gasteiger partial charge in [0.05, 0.1) is 17.8 Å². The second-order valence-corrected chi connectivity index (χ2v) is 7.90. The Bertz CT molecular complexity index is 1120. The van der Waals surface area contributed by atoms with Gasteiger partial charge in [-0.05, 0) is 61.3 Å². The molecule has 5 heteroatoms. The van der Waals surface area contributed by atoms with Crippen LogP contribution in [0.25, 0.3) is 10.8 Å². The molecule has 1 atom stereocenters. The van der Waals surface area contributed by atoms with Gasteiger partial charge in [-0.1, -0.05) is 42.5 Å². The Morgan fingerprint density at radius 1 is 1.13 bits per heavy atom. The van der Waals surface area contributed by atoms with Gasteiger partial charge in [0, 0.05) is 5.56 Å². The van der Waals surface area contributed by atoms with E-state index in [4.69, 9.17) is 9.47 Å². The smallest absolute Gasteiger partial charge is 0.200 e. The van der Waals surface area contributed by atoms with Gasteiger partial charge in [0.2, 0.25) is 5.78 Å². The van der Waals surface area contributed by atoms with E-state index in [-0.39, 0.29) is 11.6 Å². The first-order chi connectivity index (χ1) is 14.6. The Morgan fingerprint density at radius 3 is 2.73 bits per heavy atom. The molecule has 30 heavy (non-hydrogen) atoms. The summed E-state index contributed by atoms with van der Waals surface area (Å²) in [5.74, 6) is -0.134. The first-order valence-corrected chi connectivity index (χ1v) is 10.5. The number of halogens is 1. The van der Waals surface area contributed by atoms with Gasteiger partial charge >= 0.3 is 0 Å². The lowest BCUT2D eigenvalue weighted by molar-refractivity contribution is -0.0809. The van der Waals surface area contributed by atoms with Crippen LogP contribution in [0.1, 0.15) is 47.4 Å². The minimum Gasteiger partial charge on any atom is -0.493 e. The van der Waals surface area contributed by atoms with Crippen LogP contribution in [0.4, 0.5) is 4.39 Å². The molecule has 3 aromatic rings. The van der Waals surface area contributed by atoms with Crippen LogP contribution >= 0.6 is 0 Å². The predicted octanol–water partition coefficient (Wildman–Crippen LogP) is 4.91. The molecule has 0 saturated carbocycles. The van der Waals surface area contributed by atoms with Crippen LogP contribution in [0.2, 0.25) is 0 Å². The number of Topliss-reactive ketones (excluding diaryl/α,β-unsaturated/α-hetero) is 1. The van der Waals surface area contributed by atoms with Crippen LogP contribution in [0.15, 0.2) is 54.6 Å². The van der Waals surface area contributed by atoms with E-state index in [2.05, 4.69) is 5.32 Å². The number of carbonyl (C=O) groups excluding carboxylic acids is 1. The van der Waals surface area contributed by atoms with E-state index in [0.29, 0.717) is 36.3 Å². The van der Waals surface area contributed by atoms with Crippen LogP contribution in [-0.2, 0) is 10.3 Å². The molecule has 0 unspecified atom stereocenters. The largest absolute Gasteiger partial charge is 0.493 e. The fraction of sp³-hybridized carbons (Fsp3) is 0.320. The molecule has 0 radical (unpaired) electrons. The summed E-state index contributed by atoms with van der Waals surface area (Å²) in [5.41, 5.74) is 1.01. The highest BCUT2D eigenvalue weighted by Crippen LogP contribution is 2.51. The Kier molecular flexibility index (Phi) is 4.80. The summed E-state index contributed by atoms with van der Waals surface area (Å²) in [6.07, 6.45) is 0.437. The summed E-state index contributed by atoms with van der Waals surface area (Å²) in [7, 11) is 0. The summed E-state index contributed by atoms with van der Waals surface area (Å²) in [6.45, 7) is 3.86. The van der Waals surface area contributed by atoms with Crippen molar-refractivity contribution in [2.24, 2.45) is 0 Å². The van der Waals surface area contributed by atoms with Crippen molar-refractivity contribution in [3.8, 4) is 5.75 Å². The van der Waals surface area contributed by atoms with Gasteiger partial charge < -0.3 is 14.8 Å². The molecule has 2 heterocycles. The van der Waals surface area contributed by atoms with Crippen molar-refractivity contribution < 1.29 is 18.7 Å². The topological polar surface area (TPSA) is 47.6 Å². The first kappa shape index (κ1) is 19.2. The van der Waals surface area contributed by atoms with Crippen LogP contribution in [0.5, 0.6) is 5.75 Å². The van der Waals surface area contributed by atoms with E-state index in [9.17, 15) is 4.79 Å². The number of benzene rings is 3. The van der Waals surface area contributed by atoms with Crippen molar-refractivity contribution >= 4 is 16.6 Å². The van der Waals surface area contributed by atoms with Gasteiger partial charge in [-0.3, -0.25) is 4.79 Å². The number of hydrogen-bond donors (Lipinski definition) is 1. The second-order valence-electron chi connectivity index (χ2n) is 7.90. The third kappa shape index (κ3) is 2.92. The number of rotatable bonds is 4. The molecule has 5 rings (SSSR count). The summed E-state index contributed by atoms with van der Waals surface area (Å²) in [4.78, 5) is 13.9. The molecule has 3 aromatic carbocycles. The Balaban J connectivity index is 1.67.